The van der Waals surface area contributed by atoms with Gasteiger partial charge < -0.3 is 10.1 Å². The minimum atomic E-state index is 0.0434. The van der Waals surface area contributed by atoms with Crippen molar-refractivity contribution in [3.05, 3.63) is 22.7 Å². The van der Waals surface area contributed by atoms with Crippen LogP contribution in [0.4, 0.5) is 5.69 Å². The largest absolute Gasteiger partial charge is 0.495 e. The van der Waals surface area contributed by atoms with Crippen molar-refractivity contribution >= 4 is 23.2 Å². The Morgan fingerprint density at radius 1 is 1.43 bits per heavy atom. The van der Waals surface area contributed by atoms with Gasteiger partial charge in [0.05, 0.1) is 12.1 Å². The van der Waals surface area contributed by atoms with Gasteiger partial charge in [0.1, 0.15) is 5.75 Å². The highest BCUT2D eigenvalue weighted by atomic mass is 35.5. The van der Waals surface area contributed by atoms with Crippen molar-refractivity contribution in [2.75, 3.05) is 12.4 Å². The van der Waals surface area contributed by atoms with Crippen LogP contribution in [0.5, 0.6) is 5.75 Å². The van der Waals surface area contributed by atoms with E-state index >= 15 is 0 Å². The first-order valence-corrected chi connectivity index (χ1v) is 4.75. The summed E-state index contributed by atoms with van der Waals surface area (Å²) in [6, 6.07) is 3.60. The minimum absolute atomic E-state index is 0.0434. The molecule has 1 N–H and O–H groups in total. The molecule has 0 fully saturated rings. The van der Waals surface area contributed by atoms with E-state index in [4.69, 9.17) is 16.3 Å². The number of hydrogen-bond acceptors (Lipinski definition) is 2. The van der Waals surface area contributed by atoms with Gasteiger partial charge in [-0.2, -0.15) is 0 Å². The highest BCUT2D eigenvalue weighted by molar-refractivity contribution is 6.32. The van der Waals surface area contributed by atoms with Crippen LogP contribution in [-0.2, 0) is 11.2 Å². The van der Waals surface area contributed by atoms with Gasteiger partial charge in [0.15, 0.2) is 0 Å². The SMILES string of the molecule is COc1cc2c(cc1Cl)CCC(=O)N2. The van der Waals surface area contributed by atoms with Crippen LogP contribution in [-0.4, -0.2) is 13.0 Å². The second-order valence-corrected chi connectivity index (χ2v) is 3.60. The molecule has 2 rings (SSSR count). The normalized spacial score (nSPS) is 14.6. The van der Waals surface area contributed by atoms with E-state index in [0.717, 1.165) is 17.7 Å². The fourth-order valence-corrected chi connectivity index (χ4v) is 1.80. The number of carbonyl (C=O) groups excluding carboxylic acids is 1. The van der Waals surface area contributed by atoms with Gasteiger partial charge in [0.2, 0.25) is 5.91 Å². The number of nitrogens with one attached hydrogen (secondary N) is 1. The van der Waals surface area contributed by atoms with Crippen LogP contribution in [0.15, 0.2) is 12.1 Å². The van der Waals surface area contributed by atoms with Crippen molar-refractivity contribution in [2.24, 2.45) is 0 Å². The summed E-state index contributed by atoms with van der Waals surface area (Å²) < 4.78 is 5.06. The number of methoxy groups -OCH3 is 1. The minimum Gasteiger partial charge on any atom is -0.495 e. The average Bonchev–Trinajstić information content (AvgIpc) is 2.17. The summed E-state index contributed by atoms with van der Waals surface area (Å²) in [5, 5.41) is 3.37. The molecule has 0 unspecified atom stereocenters. The zero-order valence-corrected chi connectivity index (χ0v) is 8.52. The van der Waals surface area contributed by atoms with Crippen LogP contribution >= 0.6 is 11.6 Å². The lowest BCUT2D eigenvalue weighted by Gasteiger charge is -2.18. The van der Waals surface area contributed by atoms with E-state index < -0.39 is 0 Å². The van der Waals surface area contributed by atoms with Crippen LogP contribution in [0.1, 0.15) is 12.0 Å². The van der Waals surface area contributed by atoms with Crippen molar-refractivity contribution in [3.8, 4) is 5.75 Å². The average molecular weight is 212 g/mol. The van der Waals surface area contributed by atoms with Gasteiger partial charge in [0.25, 0.3) is 0 Å². The van der Waals surface area contributed by atoms with E-state index in [-0.39, 0.29) is 5.91 Å². The van der Waals surface area contributed by atoms with Crippen LogP contribution in [0, 0.1) is 0 Å². The molecular weight excluding hydrogens is 202 g/mol. The Morgan fingerprint density at radius 2 is 2.21 bits per heavy atom. The van der Waals surface area contributed by atoms with Crippen molar-refractivity contribution in [1.82, 2.24) is 0 Å². The van der Waals surface area contributed by atoms with Gasteiger partial charge in [-0.15, -0.1) is 0 Å². The molecule has 14 heavy (non-hydrogen) atoms. The molecule has 0 atom stereocenters. The molecule has 74 valence electrons. The van der Waals surface area contributed by atoms with Gasteiger partial charge in [-0.3, -0.25) is 4.79 Å². The van der Waals surface area contributed by atoms with Gasteiger partial charge >= 0.3 is 0 Å². The summed E-state index contributed by atoms with van der Waals surface area (Å²) in [5.74, 6) is 0.634. The molecule has 0 bridgehead atoms. The number of halogens is 1. The Bertz CT molecular complexity index is 390. The van der Waals surface area contributed by atoms with Crippen LogP contribution < -0.4 is 10.1 Å². The van der Waals surface area contributed by atoms with E-state index in [1.807, 2.05) is 6.07 Å². The Balaban J connectivity index is 2.46. The molecule has 0 aromatic heterocycles. The smallest absolute Gasteiger partial charge is 0.224 e. The van der Waals surface area contributed by atoms with E-state index in [9.17, 15) is 4.79 Å². The summed E-state index contributed by atoms with van der Waals surface area (Å²) >= 11 is 5.96. The number of benzene rings is 1. The number of amides is 1. The Kier molecular flexibility index (Phi) is 2.33. The Morgan fingerprint density at radius 3 is 2.93 bits per heavy atom. The third-order valence-electron chi connectivity index (χ3n) is 2.27. The van der Waals surface area contributed by atoms with E-state index in [1.165, 1.54) is 0 Å². The zero-order valence-electron chi connectivity index (χ0n) is 7.76. The molecule has 0 spiro atoms. The van der Waals surface area contributed by atoms with Gasteiger partial charge in [-0.25, -0.2) is 0 Å². The topological polar surface area (TPSA) is 38.3 Å². The number of hydrogen-bond donors (Lipinski definition) is 1. The Labute approximate surface area is 87.0 Å². The molecule has 1 aliphatic rings. The summed E-state index contributed by atoms with van der Waals surface area (Å²) in [6.45, 7) is 0. The lowest BCUT2D eigenvalue weighted by Crippen LogP contribution is -2.18. The maximum atomic E-state index is 11.1. The first-order chi connectivity index (χ1) is 6.70. The lowest BCUT2D eigenvalue weighted by atomic mass is 10.0. The predicted molar refractivity (Wildman–Crippen MR) is 55.0 cm³/mol. The highest BCUT2D eigenvalue weighted by Crippen LogP contribution is 2.33. The molecule has 0 aliphatic carbocycles. The van der Waals surface area contributed by atoms with Gasteiger partial charge in [-0.05, 0) is 18.1 Å². The monoisotopic (exact) mass is 211 g/mol. The van der Waals surface area contributed by atoms with E-state index in [2.05, 4.69) is 5.32 Å². The second kappa shape index (κ2) is 3.50. The highest BCUT2D eigenvalue weighted by Gasteiger charge is 2.16. The first-order valence-electron chi connectivity index (χ1n) is 4.37. The summed E-state index contributed by atoms with van der Waals surface area (Å²) in [4.78, 5) is 11.1. The van der Waals surface area contributed by atoms with Gasteiger partial charge in [0, 0.05) is 18.2 Å². The van der Waals surface area contributed by atoms with Crippen LogP contribution in [0.2, 0.25) is 5.02 Å². The maximum absolute atomic E-state index is 11.1. The van der Waals surface area contributed by atoms with Crippen molar-refractivity contribution in [1.29, 1.82) is 0 Å². The molecule has 1 amide bonds. The lowest BCUT2D eigenvalue weighted by molar-refractivity contribution is -0.116. The summed E-state index contributed by atoms with van der Waals surface area (Å²) in [6.07, 6.45) is 1.26. The molecule has 4 heteroatoms. The third-order valence-corrected chi connectivity index (χ3v) is 2.57. The number of ether oxygens (including phenoxy) is 1. The molecule has 1 aliphatic heterocycles. The molecule has 1 heterocycles. The van der Waals surface area contributed by atoms with Crippen molar-refractivity contribution in [3.63, 3.8) is 0 Å². The zero-order chi connectivity index (χ0) is 10.1. The molecular formula is C10H10ClNO2. The third kappa shape index (κ3) is 1.55. The quantitative estimate of drug-likeness (QED) is 0.774. The molecule has 1 aromatic carbocycles. The predicted octanol–water partition coefficient (Wildman–Crippen LogP) is 2.23. The fourth-order valence-electron chi connectivity index (χ4n) is 1.54. The standard InChI is InChI=1S/C10H10ClNO2/c1-14-9-5-8-6(4-7(9)11)2-3-10(13)12-8/h4-5H,2-3H2,1H3,(H,12,13). The number of carbonyl (C=O) groups is 1. The van der Waals surface area contributed by atoms with Gasteiger partial charge in [-0.1, -0.05) is 11.6 Å². The molecule has 1 aromatic rings. The number of rotatable bonds is 1. The first kappa shape index (κ1) is 9.34. The Hall–Kier alpha value is -1.22. The maximum Gasteiger partial charge on any atom is 0.224 e. The second-order valence-electron chi connectivity index (χ2n) is 3.19. The van der Waals surface area contributed by atoms with E-state index in [0.29, 0.717) is 17.2 Å². The fraction of sp³-hybridized carbons (Fsp3) is 0.300. The number of fused-ring (bicyclic) bond motifs is 1. The van der Waals surface area contributed by atoms with E-state index in [1.54, 1.807) is 13.2 Å². The van der Waals surface area contributed by atoms with Crippen molar-refractivity contribution in [2.45, 2.75) is 12.8 Å². The number of aryl methyl sites for hydroxylation is 1. The molecule has 0 radical (unpaired) electrons. The molecule has 0 saturated carbocycles. The molecule has 0 saturated heterocycles. The van der Waals surface area contributed by atoms with Crippen molar-refractivity contribution < 1.29 is 9.53 Å². The summed E-state index contributed by atoms with van der Waals surface area (Å²) in [7, 11) is 1.55. The molecule has 3 nitrogen and oxygen atoms in total. The summed E-state index contributed by atoms with van der Waals surface area (Å²) in [5.41, 5.74) is 1.87. The van der Waals surface area contributed by atoms with Crippen LogP contribution in [0.25, 0.3) is 0 Å². The van der Waals surface area contributed by atoms with Crippen LogP contribution in [0.3, 0.4) is 0 Å². The number of anilines is 1.